The molecule has 0 saturated carbocycles. The van der Waals surface area contributed by atoms with Crippen LogP contribution in [0.25, 0.3) is 0 Å². The van der Waals surface area contributed by atoms with Crippen LogP contribution >= 0.6 is 0 Å². The summed E-state index contributed by atoms with van der Waals surface area (Å²) in [5, 5.41) is 10.4. The third kappa shape index (κ3) is 5.74. The van der Waals surface area contributed by atoms with E-state index in [0.717, 1.165) is 0 Å². The van der Waals surface area contributed by atoms with E-state index in [0.29, 0.717) is 13.0 Å². The number of aliphatic carboxylic acids is 1. The smallest absolute Gasteiger partial charge is 0.324 e. The first-order valence-electron chi connectivity index (χ1n) is 6.35. The molecule has 2 N–H and O–H groups in total. The molecule has 6 nitrogen and oxygen atoms in total. The Morgan fingerprint density at radius 3 is 2.43 bits per heavy atom. The van der Waals surface area contributed by atoms with Crippen molar-refractivity contribution in [3.63, 3.8) is 0 Å². The van der Waals surface area contributed by atoms with E-state index in [9.17, 15) is 27.2 Å². The van der Waals surface area contributed by atoms with Crippen molar-refractivity contribution < 1.29 is 32.3 Å². The van der Waals surface area contributed by atoms with Gasteiger partial charge >= 0.3 is 24.3 Å². The predicted octanol–water partition coefficient (Wildman–Crippen LogP) is 0.689. The van der Waals surface area contributed by atoms with Gasteiger partial charge in [-0.3, -0.25) is 9.69 Å². The Kier molecular flexibility index (Phi) is 6.19. The number of halogens is 4. The molecule has 0 aromatic carbocycles. The minimum Gasteiger partial charge on any atom is -0.480 e. The van der Waals surface area contributed by atoms with Crippen LogP contribution in [0.3, 0.4) is 0 Å². The average Bonchev–Trinajstić information content (AvgIpc) is 2.61. The van der Waals surface area contributed by atoms with Crippen molar-refractivity contribution >= 4 is 12.0 Å². The number of carboxylic acids is 1. The van der Waals surface area contributed by atoms with Crippen LogP contribution in [-0.4, -0.2) is 78.5 Å². The van der Waals surface area contributed by atoms with Gasteiger partial charge in [0.15, 0.2) is 0 Å². The Balaban J connectivity index is 2.43. The van der Waals surface area contributed by atoms with Crippen LogP contribution in [0.5, 0.6) is 0 Å². The number of nitrogens with zero attached hydrogens (tertiary/aromatic N) is 2. The van der Waals surface area contributed by atoms with E-state index < -0.39 is 30.9 Å². The number of rotatable bonds is 5. The maximum absolute atomic E-state index is 12.7. The third-order valence-corrected chi connectivity index (χ3v) is 3.03. The number of nitrogens with one attached hydrogen (secondary N) is 1. The monoisotopic (exact) mass is 315 g/mol. The molecule has 1 heterocycles. The van der Waals surface area contributed by atoms with Crippen LogP contribution in [0.2, 0.25) is 0 Å². The van der Waals surface area contributed by atoms with Gasteiger partial charge in [-0.15, -0.1) is 0 Å². The number of hydrogen-bond donors (Lipinski definition) is 2. The fourth-order valence-corrected chi connectivity index (χ4v) is 1.91. The average molecular weight is 315 g/mol. The zero-order valence-electron chi connectivity index (χ0n) is 11.2. The largest absolute Gasteiger partial charge is 0.480 e. The summed E-state index contributed by atoms with van der Waals surface area (Å²) in [4.78, 5) is 25.1. The van der Waals surface area contributed by atoms with Crippen molar-refractivity contribution in [3.8, 4) is 0 Å². The fourth-order valence-electron chi connectivity index (χ4n) is 1.91. The van der Waals surface area contributed by atoms with E-state index in [2.05, 4.69) is 0 Å². The molecule has 1 fully saturated rings. The Morgan fingerprint density at radius 1 is 1.19 bits per heavy atom. The molecule has 0 aromatic rings. The van der Waals surface area contributed by atoms with Crippen LogP contribution < -0.4 is 5.32 Å². The normalized spacial score (nSPS) is 17.7. The van der Waals surface area contributed by atoms with E-state index in [1.807, 2.05) is 0 Å². The Hall–Kier alpha value is -1.58. The van der Waals surface area contributed by atoms with Gasteiger partial charge in [-0.2, -0.15) is 8.78 Å². The van der Waals surface area contributed by atoms with Gasteiger partial charge in [-0.25, -0.2) is 13.6 Å². The van der Waals surface area contributed by atoms with Gasteiger partial charge in [-0.05, 0) is 6.42 Å². The molecule has 1 rings (SSSR count). The van der Waals surface area contributed by atoms with E-state index >= 15 is 0 Å². The van der Waals surface area contributed by atoms with E-state index in [1.165, 1.54) is 4.90 Å². The molecule has 0 aliphatic carbocycles. The van der Waals surface area contributed by atoms with Crippen molar-refractivity contribution in [2.45, 2.75) is 18.8 Å². The molecule has 21 heavy (non-hydrogen) atoms. The van der Waals surface area contributed by atoms with Gasteiger partial charge in [0.2, 0.25) is 0 Å². The molecular formula is C11H17F4N3O3. The van der Waals surface area contributed by atoms with Gasteiger partial charge < -0.3 is 15.3 Å². The number of amides is 2. The predicted molar refractivity (Wildman–Crippen MR) is 64.6 cm³/mol. The SMILES string of the molecule is O=C(O)CN1CCCN(C(=O)NCC(F)(F)C(F)F)CC1. The highest BCUT2D eigenvalue weighted by Gasteiger charge is 2.41. The number of carbonyl (C=O) groups is 2. The molecule has 0 aromatic heterocycles. The summed E-state index contributed by atoms with van der Waals surface area (Å²) < 4.78 is 49.3. The summed E-state index contributed by atoms with van der Waals surface area (Å²) in [5.41, 5.74) is 0. The molecule has 0 atom stereocenters. The summed E-state index contributed by atoms with van der Waals surface area (Å²) in [6.45, 7) is -0.451. The molecule has 1 saturated heterocycles. The number of urea groups is 1. The second-order valence-corrected chi connectivity index (χ2v) is 4.73. The lowest BCUT2D eigenvalue weighted by molar-refractivity contribution is -0.138. The quantitative estimate of drug-likeness (QED) is 0.732. The van der Waals surface area contributed by atoms with Crippen molar-refractivity contribution in [1.82, 2.24) is 15.1 Å². The summed E-state index contributed by atoms with van der Waals surface area (Å²) in [6, 6.07) is -0.854. The zero-order valence-corrected chi connectivity index (χ0v) is 11.2. The Bertz CT molecular complexity index is 382. The highest BCUT2D eigenvalue weighted by molar-refractivity contribution is 5.74. The van der Waals surface area contributed by atoms with Gasteiger partial charge in [0.05, 0.1) is 13.1 Å². The molecule has 0 spiro atoms. The van der Waals surface area contributed by atoms with Gasteiger partial charge in [0.25, 0.3) is 0 Å². The zero-order chi connectivity index (χ0) is 16.0. The van der Waals surface area contributed by atoms with Gasteiger partial charge in [-0.1, -0.05) is 0 Å². The van der Waals surface area contributed by atoms with Crippen LogP contribution in [0.4, 0.5) is 22.4 Å². The molecule has 2 amide bonds. The standard InChI is InChI=1S/C11H17F4N3O3/c12-9(13)11(14,15)7-16-10(21)18-3-1-2-17(4-5-18)6-8(19)20/h9H,1-7H2,(H,16,21)(H,19,20). The Morgan fingerprint density at radius 2 is 1.86 bits per heavy atom. The van der Waals surface area contributed by atoms with Gasteiger partial charge in [0.1, 0.15) is 0 Å². The first kappa shape index (κ1) is 17.5. The number of hydrogen-bond acceptors (Lipinski definition) is 3. The van der Waals surface area contributed by atoms with E-state index in [4.69, 9.17) is 5.11 Å². The van der Waals surface area contributed by atoms with Crippen molar-refractivity contribution in [3.05, 3.63) is 0 Å². The van der Waals surface area contributed by atoms with E-state index in [-0.39, 0.29) is 26.2 Å². The molecular weight excluding hydrogens is 298 g/mol. The second-order valence-electron chi connectivity index (χ2n) is 4.73. The number of alkyl halides is 4. The number of carbonyl (C=O) groups excluding carboxylic acids is 1. The van der Waals surface area contributed by atoms with Crippen LogP contribution in [-0.2, 0) is 4.79 Å². The molecule has 122 valence electrons. The summed E-state index contributed by atoms with van der Waals surface area (Å²) in [5.74, 6) is -5.26. The summed E-state index contributed by atoms with van der Waals surface area (Å²) in [6.07, 6.45) is -3.36. The first-order valence-corrected chi connectivity index (χ1v) is 6.35. The second kappa shape index (κ2) is 7.43. The van der Waals surface area contributed by atoms with Crippen LogP contribution in [0.15, 0.2) is 0 Å². The van der Waals surface area contributed by atoms with Crippen molar-refractivity contribution in [2.75, 3.05) is 39.3 Å². The van der Waals surface area contributed by atoms with Crippen LogP contribution in [0.1, 0.15) is 6.42 Å². The highest BCUT2D eigenvalue weighted by Crippen LogP contribution is 2.21. The summed E-state index contributed by atoms with van der Waals surface area (Å²) in [7, 11) is 0. The molecule has 0 bridgehead atoms. The summed E-state index contributed by atoms with van der Waals surface area (Å²) >= 11 is 0. The molecule has 0 radical (unpaired) electrons. The minimum atomic E-state index is -4.27. The molecule has 1 aliphatic heterocycles. The maximum atomic E-state index is 12.7. The highest BCUT2D eigenvalue weighted by atomic mass is 19.3. The Labute approximate surface area is 118 Å². The molecule has 10 heteroatoms. The van der Waals surface area contributed by atoms with E-state index in [1.54, 1.807) is 10.2 Å². The number of carboxylic acid groups (broad SMARTS) is 1. The third-order valence-electron chi connectivity index (χ3n) is 3.03. The molecule has 1 aliphatic rings. The molecule has 0 unspecified atom stereocenters. The maximum Gasteiger partial charge on any atom is 0.324 e. The topological polar surface area (TPSA) is 72.9 Å². The van der Waals surface area contributed by atoms with Gasteiger partial charge in [0, 0.05) is 26.2 Å². The first-order chi connectivity index (χ1) is 9.72. The lowest BCUT2D eigenvalue weighted by atomic mass is 10.3. The van der Waals surface area contributed by atoms with Crippen LogP contribution in [0, 0.1) is 0 Å². The van der Waals surface area contributed by atoms with Crippen molar-refractivity contribution in [2.24, 2.45) is 0 Å². The van der Waals surface area contributed by atoms with Crippen molar-refractivity contribution in [1.29, 1.82) is 0 Å². The lowest BCUT2D eigenvalue weighted by Crippen LogP contribution is -2.48. The lowest BCUT2D eigenvalue weighted by Gasteiger charge is -2.23. The minimum absolute atomic E-state index is 0.152. The fraction of sp³-hybridized carbons (Fsp3) is 0.818.